The van der Waals surface area contributed by atoms with Gasteiger partial charge in [0.05, 0.1) is 25.2 Å². The van der Waals surface area contributed by atoms with E-state index in [2.05, 4.69) is 16.0 Å². The summed E-state index contributed by atoms with van der Waals surface area (Å²) in [6.45, 7) is 20.6. The highest BCUT2D eigenvalue weighted by molar-refractivity contribution is 5.91. The molecule has 0 fully saturated rings. The maximum atomic E-state index is 13.4. The van der Waals surface area contributed by atoms with Crippen LogP contribution in [0.25, 0.3) is 0 Å². The molecule has 0 aliphatic carbocycles. The predicted molar refractivity (Wildman–Crippen MR) is 147 cm³/mol. The minimum atomic E-state index is -1.14. The van der Waals surface area contributed by atoms with Crippen LogP contribution in [0.2, 0.25) is 0 Å². The Hall–Kier alpha value is -2.36. The van der Waals surface area contributed by atoms with Crippen LogP contribution in [0.15, 0.2) is 0 Å². The summed E-state index contributed by atoms with van der Waals surface area (Å²) >= 11 is 0. The number of rotatable bonds is 14. The van der Waals surface area contributed by atoms with E-state index >= 15 is 0 Å². The highest BCUT2D eigenvalue weighted by Crippen LogP contribution is 2.22. The molecule has 2 unspecified atom stereocenters. The smallest absolute Gasteiger partial charge is 0.408 e. The number of amides is 3. The minimum absolute atomic E-state index is 0.128. The topological polar surface area (TPSA) is 143 Å². The average Bonchev–Trinajstić information content (AvgIpc) is 2.73. The van der Waals surface area contributed by atoms with Gasteiger partial charge < -0.3 is 30.5 Å². The van der Waals surface area contributed by atoms with Crippen molar-refractivity contribution in [3.05, 3.63) is 0 Å². The Bertz CT molecular complexity index is 771. The minimum Gasteiger partial charge on any atom is -0.466 e. The Kier molecular flexibility index (Phi) is 14.9. The van der Waals surface area contributed by atoms with Crippen molar-refractivity contribution in [3.63, 3.8) is 0 Å². The SMILES string of the molecule is CCOC(=O)CC(O)[C@H](CC(C)C)NC(=O)[C@@H](NC(=O)[C@H](CC(C)(C)C)NC(=O)OC(C)(C)C)C(C)CC. The molecule has 0 aromatic rings. The molecule has 0 heterocycles. The van der Waals surface area contributed by atoms with Crippen LogP contribution >= 0.6 is 0 Å². The Morgan fingerprint density at radius 2 is 1.45 bits per heavy atom. The molecule has 0 aromatic heterocycles. The maximum Gasteiger partial charge on any atom is 0.408 e. The summed E-state index contributed by atoms with van der Waals surface area (Å²) < 4.78 is 10.3. The molecule has 0 aliphatic rings. The first-order chi connectivity index (χ1) is 17.3. The molecule has 0 radical (unpaired) electrons. The molecule has 0 saturated heterocycles. The number of hydrogen-bond acceptors (Lipinski definition) is 7. The normalized spacial score (nSPS) is 16.0. The summed E-state index contributed by atoms with van der Waals surface area (Å²) in [5.41, 5.74) is -1.04. The van der Waals surface area contributed by atoms with Crippen LogP contribution in [-0.4, -0.2) is 65.4 Å². The van der Waals surface area contributed by atoms with Crippen molar-refractivity contribution in [2.45, 2.75) is 132 Å². The molecular formula is C28H53N3O7. The van der Waals surface area contributed by atoms with Crippen molar-refractivity contribution in [1.82, 2.24) is 16.0 Å². The zero-order valence-electron chi connectivity index (χ0n) is 25.4. The lowest BCUT2D eigenvalue weighted by Crippen LogP contribution is -2.58. The van der Waals surface area contributed by atoms with Crippen LogP contribution in [0.5, 0.6) is 0 Å². The van der Waals surface area contributed by atoms with Gasteiger partial charge in [-0.15, -0.1) is 0 Å². The molecule has 4 N–H and O–H groups in total. The van der Waals surface area contributed by atoms with Crippen molar-refractivity contribution in [1.29, 1.82) is 0 Å². The Balaban J connectivity index is 5.82. The van der Waals surface area contributed by atoms with Crippen LogP contribution in [0.1, 0.15) is 102 Å². The Labute approximate surface area is 229 Å². The second-order valence-electron chi connectivity index (χ2n) is 12.7. The van der Waals surface area contributed by atoms with Gasteiger partial charge in [0.1, 0.15) is 17.7 Å². The monoisotopic (exact) mass is 543 g/mol. The summed E-state index contributed by atoms with van der Waals surface area (Å²) in [6, 6.07) is -2.55. The van der Waals surface area contributed by atoms with Gasteiger partial charge in [-0.05, 0) is 57.8 Å². The molecule has 10 nitrogen and oxygen atoms in total. The third kappa shape index (κ3) is 15.1. The molecule has 0 aliphatic heterocycles. The van der Waals surface area contributed by atoms with Crippen molar-refractivity contribution in [3.8, 4) is 0 Å². The van der Waals surface area contributed by atoms with E-state index in [4.69, 9.17) is 9.47 Å². The van der Waals surface area contributed by atoms with Gasteiger partial charge in [-0.25, -0.2) is 4.79 Å². The lowest BCUT2D eigenvalue weighted by atomic mass is 9.87. The molecule has 38 heavy (non-hydrogen) atoms. The van der Waals surface area contributed by atoms with Gasteiger partial charge in [-0.2, -0.15) is 0 Å². The van der Waals surface area contributed by atoms with Gasteiger partial charge in [-0.1, -0.05) is 54.9 Å². The van der Waals surface area contributed by atoms with Crippen LogP contribution in [0.3, 0.4) is 0 Å². The van der Waals surface area contributed by atoms with Crippen molar-refractivity contribution >= 4 is 23.9 Å². The lowest BCUT2D eigenvalue weighted by Gasteiger charge is -2.32. The van der Waals surface area contributed by atoms with Gasteiger partial charge >= 0.3 is 12.1 Å². The molecule has 10 heteroatoms. The molecule has 0 aromatic carbocycles. The van der Waals surface area contributed by atoms with Crippen LogP contribution < -0.4 is 16.0 Å². The number of carbonyl (C=O) groups excluding carboxylic acids is 4. The van der Waals surface area contributed by atoms with Crippen molar-refractivity contribution in [2.75, 3.05) is 6.61 Å². The number of aliphatic hydroxyl groups is 1. The van der Waals surface area contributed by atoms with Crippen LogP contribution in [0, 0.1) is 17.3 Å². The Morgan fingerprint density at radius 3 is 1.89 bits per heavy atom. The first-order valence-corrected chi connectivity index (χ1v) is 13.7. The number of carbonyl (C=O) groups is 4. The van der Waals surface area contributed by atoms with E-state index in [1.165, 1.54) is 0 Å². The average molecular weight is 544 g/mol. The van der Waals surface area contributed by atoms with Crippen molar-refractivity contribution < 1.29 is 33.8 Å². The summed E-state index contributed by atoms with van der Waals surface area (Å²) in [5.74, 6) is -1.62. The van der Waals surface area contributed by atoms with E-state index in [1.807, 2.05) is 48.5 Å². The molecule has 5 atom stereocenters. The summed E-state index contributed by atoms with van der Waals surface area (Å²) in [6.07, 6.45) is -0.760. The quantitative estimate of drug-likeness (QED) is 0.245. The van der Waals surface area contributed by atoms with E-state index in [0.29, 0.717) is 19.3 Å². The number of nitrogens with one attached hydrogen (secondary N) is 3. The number of ether oxygens (including phenoxy) is 2. The maximum absolute atomic E-state index is 13.4. The summed E-state index contributed by atoms with van der Waals surface area (Å²) in [4.78, 5) is 51.2. The highest BCUT2D eigenvalue weighted by atomic mass is 16.6. The lowest BCUT2D eigenvalue weighted by molar-refractivity contribution is -0.146. The summed E-state index contributed by atoms with van der Waals surface area (Å²) in [7, 11) is 0. The fraction of sp³-hybridized carbons (Fsp3) is 0.857. The molecular weight excluding hydrogens is 490 g/mol. The third-order valence-electron chi connectivity index (χ3n) is 5.82. The zero-order valence-corrected chi connectivity index (χ0v) is 25.4. The molecule has 0 spiro atoms. The number of esters is 1. The first-order valence-electron chi connectivity index (χ1n) is 13.7. The van der Waals surface area contributed by atoms with Gasteiger partial charge in [0.15, 0.2) is 0 Å². The predicted octanol–water partition coefficient (Wildman–Crippen LogP) is 3.69. The molecule has 3 amide bonds. The summed E-state index contributed by atoms with van der Waals surface area (Å²) in [5, 5.41) is 19.0. The first kappa shape index (κ1) is 35.6. The van der Waals surface area contributed by atoms with Gasteiger partial charge in [-0.3, -0.25) is 14.4 Å². The fourth-order valence-electron chi connectivity index (χ4n) is 3.85. The van der Waals surface area contributed by atoms with E-state index in [-0.39, 0.29) is 30.3 Å². The van der Waals surface area contributed by atoms with E-state index in [1.54, 1.807) is 27.7 Å². The molecule has 0 bridgehead atoms. The molecule has 0 rings (SSSR count). The van der Waals surface area contributed by atoms with Gasteiger partial charge in [0.25, 0.3) is 0 Å². The highest BCUT2D eigenvalue weighted by Gasteiger charge is 2.35. The van der Waals surface area contributed by atoms with Crippen molar-refractivity contribution in [2.24, 2.45) is 17.3 Å². The molecule has 0 saturated carbocycles. The van der Waals surface area contributed by atoms with E-state index in [0.717, 1.165) is 0 Å². The number of alkyl carbamates (subject to hydrolysis) is 1. The van der Waals surface area contributed by atoms with Crippen LogP contribution in [0.4, 0.5) is 4.79 Å². The number of aliphatic hydroxyl groups excluding tert-OH is 1. The Morgan fingerprint density at radius 1 is 0.868 bits per heavy atom. The van der Waals surface area contributed by atoms with Gasteiger partial charge in [0.2, 0.25) is 11.8 Å². The number of hydrogen-bond donors (Lipinski definition) is 4. The second-order valence-corrected chi connectivity index (χ2v) is 12.7. The van der Waals surface area contributed by atoms with E-state index < -0.39 is 53.7 Å². The largest absolute Gasteiger partial charge is 0.466 e. The van der Waals surface area contributed by atoms with E-state index in [9.17, 15) is 24.3 Å². The standard InChI is InChI=1S/C28H53N3O7/c1-12-18(5)23(25(35)29-19(14-17(3)4)21(32)15-22(33)37-13-2)31-24(34)20(16-27(6,7)8)30-26(36)38-28(9,10)11/h17-21,23,32H,12-16H2,1-11H3,(H,29,35)(H,30,36)(H,31,34)/t18?,19-,20-,21?,23-/m0/s1. The molecule has 222 valence electrons. The third-order valence-corrected chi connectivity index (χ3v) is 5.82. The van der Waals surface area contributed by atoms with Gasteiger partial charge in [0, 0.05) is 0 Å². The fourth-order valence-corrected chi connectivity index (χ4v) is 3.85. The zero-order chi connectivity index (χ0) is 29.8. The van der Waals surface area contributed by atoms with Crippen LogP contribution in [-0.2, 0) is 23.9 Å². The second kappa shape index (κ2) is 15.9.